The largest absolute Gasteiger partial charge is 0.392 e. The van der Waals surface area contributed by atoms with Crippen LogP contribution in [0.5, 0.6) is 0 Å². The predicted octanol–water partition coefficient (Wildman–Crippen LogP) is 2.80. The third kappa shape index (κ3) is 4.04. The van der Waals surface area contributed by atoms with Crippen molar-refractivity contribution < 1.29 is 5.11 Å². The standard InChI is InChI=1S/C17H19N3O/c1-14-10-15(13-21)5-6-17(14)20(9-3-7-18)12-16-4-2-8-19-11-16/h2,4-6,8,10-11,21H,3,9,12-13H2,1H3. The van der Waals surface area contributed by atoms with Gasteiger partial charge in [-0.25, -0.2) is 0 Å². The number of benzene rings is 1. The quantitative estimate of drug-likeness (QED) is 0.884. The summed E-state index contributed by atoms with van der Waals surface area (Å²) < 4.78 is 0. The minimum Gasteiger partial charge on any atom is -0.392 e. The monoisotopic (exact) mass is 281 g/mol. The molecule has 2 aromatic rings. The van der Waals surface area contributed by atoms with Crippen LogP contribution in [0.3, 0.4) is 0 Å². The van der Waals surface area contributed by atoms with Crippen molar-refractivity contribution in [3.63, 3.8) is 0 Å². The molecule has 0 bridgehead atoms. The fraction of sp³-hybridized carbons (Fsp3) is 0.294. The lowest BCUT2D eigenvalue weighted by Crippen LogP contribution is -2.24. The number of nitrogens with zero attached hydrogens (tertiary/aromatic N) is 3. The Labute approximate surface area is 125 Å². The number of rotatable bonds is 6. The van der Waals surface area contributed by atoms with Gasteiger partial charge >= 0.3 is 0 Å². The maximum absolute atomic E-state index is 9.20. The maximum atomic E-state index is 9.20. The number of aliphatic hydroxyl groups excluding tert-OH is 1. The van der Waals surface area contributed by atoms with Crippen molar-refractivity contribution in [2.75, 3.05) is 11.4 Å². The maximum Gasteiger partial charge on any atom is 0.0681 e. The van der Waals surface area contributed by atoms with Gasteiger partial charge in [-0.15, -0.1) is 0 Å². The van der Waals surface area contributed by atoms with E-state index in [1.165, 1.54) is 0 Å². The third-order valence-electron chi connectivity index (χ3n) is 3.37. The second-order valence-corrected chi connectivity index (χ2v) is 4.97. The zero-order chi connectivity index (χ0) is 15.1. The van der Waals surface area contributed by atoms with Crippen LogP contribution in [0, 0.1) is 18.3 Å². The Bertz CT molecular complexity index is 620. The smallest absolute Gasteiger partial charge is 0.0681 e. The Morgan fingerprint density at radius 3 is 2.76 bits per heavy atom. The summed E-state index contributed by atoms with van der Waals surface area (Å²) in [5.41, 5.74) is 4.20. The number of nitriles is 1. The van der Waals surface area contributed by atoms with E-state index in [0.29, 0.717) is 13.0 Å². The van der Waals surface area contributed by atoms with E-state index in [1.807, 2.05) is 43.5 Å². The SMILES string of the molecule is Cc1cc(CO)ccc1N(CCC#N)Cc1cccnc1. The van der Waals surface area contributed by atoms with Crippen LogP contribution in [0.15, 0.2) is 42.7 Å². The lowest BCUT2D eigenvalue weighted by Gasteiger charge is -2.26. The lowest BCUT2D eigenvalue weighted by molar-refractivity contribution is 0.282. The Morgan fingerprint density at radius 1 is 1.29 bits per heavy atom. The Morgan fingerprint density at radius 2 is 2.14 bits per heavy atom. The van der Waals surface area contributed by atoms with E-state index in [-0.39, 0.29) is 6.61 Å². The average Bonchev–Trinajstić information content (AvgIpc) is 2.52. The summed E-state index contributed by atoms with van der Waals surface area (Å²) in [7, 11) is 0. The fourth-order valence-electron chi connectivity index (χ4n) is 2.35. The first-order chi connectivity index (χ1) is 10.2. The zero-order valence-corrected chi connectivity index (χ0v) is 12.2. The lowest BCUT2D eigenvalue weighted by atomic mass is 10.1. The number of anilines is 1. The summed E-state index contributed by atoms with van der Waals surface area (Å²) in [5, 5.41) is 18.1. The number of aliphatic hydroxyl groups is 1. The molecule has 1 aromatic heterocycles. The molecule has 0 unspecified atom stereocenters. The van der Waals surface area contributed by atoms with Crippen LogP contribution < -0.4 is 4.90 Å². The minimum atomic E-state index is 0.0436. The summed E-state index contributed by atoms with van der Waals surface area (Å²) in [6.45, 7) is 3.46. The first kappa shape index (κ1) is 15.0. The van der Waals surface area contributed by atoms with Crippen LogP contribution in [-0.4, -0.2) is 16.6 Å². The Kier molecular flexibility index (Phi) is 5.30. The molecule has 0 aliphatic rings. The fourth-order valence-corrected chi connectivity index (χ4v) is 2.35. The van der Waals surface area contributed by atoms with E-state index in [0.717, 1.165) is 28.9 Å². The molecule has 0 amide bonds. The molecule has 4 heteroatoms. The van der Waals surface area contributed by atoms with Crippen molar-refractivity contribution in [1.29, 1.82) is 5.26 Å². The van der Waals surface area contributed by atoms with Gasteiger partial charge in [0, 0.05) is 31.2 Å². The Hall–Kier alpha value is -2.38. The molecule has 4 nitrogen and oxygen atoms in total. The van der Waals surface area contributed by atoms with Crippen molar-refractivity contribution >= 4 is 5.69 Å². The van der Waals surface area contributed by atoms with Gasteiger partial charge < -0.3 is 10.0 Å². The van der Waals surface area contributed by atoms with Gasteiger partial charge in [-0.2, -0.15) is 5.26 Å². The van der Waals surface area contributed by atoms with Gasteiger partial charge in [0.15, 0.2) is 0 Å². The highest BCUT2D eigenvalue weighted by atomic mass is 16.3. The molecule has 0 saturated carbocycles. The molecule has 108 valence electrons. The van der Waals surface area contributed by atoms with Crippen LogP contribution in [0.2, 0.25) is 0 Å². The van der Waals surface area contributed by atoms with Crippen LogP contribution in [0.4, 0.5) is 5.69 Å². The second kappa shape index (κ2) is 7.41. The zero-order valence-electron chi connectivity index (χ0n) is 12.2. The molecule has 0 atom stereocenters. The van der Waals surface area contributed by atoms with Gasteiger partial charge in [-0.1, -0.05) is 18.2 Å². The van der Waals surface area contributed by atoms with E-state index in [1.54, 1.807) is 6.20 Å². The van der Waals surface area contributed by atoms with Crippen molar-refractivity contribution in [2.45, 2.75) is 26.5 Å². The van der Waals surface area contributed by atoms with Gasteiger partial charge in [-0.3, -0.25) is 4.98 Å². The summed E-state index contributed by atoms with van der Waals surface area (Å²) >= 11 is 0. The van der Waals surface area contributed by atoms with Crippen LogP contribution in [0.1, 0.15) is 23.1 Å². The average molecular weight is 281 g/mol. The number of pyridine rings is 1. The molecule has 0 radical (unpaired) electrons. The van der Waals surface area contributed by atoms with E-state index in [2.05, 4.69) is 16.0 Å². The third-order valence-corrected chi connectivity index (χ3v) is 3.37. The van der Waals surface area contributed by atoms with E-state index >= 15 is 0 Å². The number of aromatic nitrogens is 1. The predicted molar refractivity (Wildman–Crippen MR) is 82.6 cm³/mol. The van der Waals surface area contributed by atoms with Crippen molar-refractivity contribution in [3.05, 3.63) is 59.4 Å². The van der Waals surface area contributed by atoms with Gasteiger partial charge in [0.05, 0.1) is 19.1 Å². The van der Waals surface area contributed by atoms with E-state index in [9.17, 15) is 5.11 Å². The van der Waals surface area contributed by atoms with Crippen LogP contribution >= 0.6 is 0 Å². The van der Waals surface area contributed by atoms with Gasteiger partial charge in [0.2, 0.25) is 0 Å². The first-order valence-electron chi connectivity index (χ1n) is 6.96. The summed E-state index contributed by atoms with van der Waals surface area (Å²) in [6, 6.07) is 12.1. The summed E-state index contributed by atoms with van der Waals surface area (Å²) in [6.07, 6.45) is 4.07. The van der Waals surface area contributed by atoms with Crippen LogP contribution in [0.25, 0.3) is 0 Å². The highest BCUT2D eigenvalue weighted by molar-refractivity contribution is 5.54. The number of hydrogen-bond acceptors (Lipinski definition) is 4. The molecular weight excluding hydrogens is 262 g/mol. The molecule has 21 heavy (non-hydrogen) atoms. The normalized spacial score (nSPS) is 10.1. The van der Waals surface area contributed by atoms with Gasteiger partial charge in [0.1, 0.15) is 0 Å². The molecule has 2 rings (SSSR count). The number of hydrogen-bond donors (Lipinski definition) is 1. The molecule has 0 spiro atoms. The highest BCUT2D eigenvalue weighted by Crippen LogP contribution is 2.23. The molecule has 0 aliphatic heterocycles. The molecule has 0 fully saturated rings. The van der Waals surface area contributed by atoms with Gasteiger partial charge in [0.25, 0.3) is 0 Å². The minimum absolute atomic E-state index is 0.0436. The van der Waals surface area contributed by atoms with Crippen molar-refractivity contribution in [2.24, 2.45) is 0 Å². The second-order valence-electron chi connectivity index (χ2n) is 4.97. The Balaban J connectivity index is 2.25. The van der Waals surface area contributed by atoms with E-state index < -0.39 is 0 Å². The molecule has 1 N–H and O–H groups in total. The van der Waals surface area contributed by atoms with Crippen molar-refractivity contribution in [1.82, 2.24) is 4.98 Å². The van der Waals surface area contributed by atoms with Crippen LogP contribution in [-0.2, 0) is 13.2 Å². The molecule has 0 aliphatic carbocycles. The molecule has 1 heterocycles. The van der Waals surface area contributed by atoms with Gasteiger partial charge in [-0.05, 0) is 35.7 Å². The van der Waals surface area contributed by atoms with E-state index in [4.69, 9.17) is 5.26 Å². The topological polar surface area (TPSA) is 60.1 Å². The molecular formula is C17H19N3O. The first-order valence-corrected chi connectivity index (χ1v) is 6.96. The number of aryl methyl sites for hydroxylation is 1. The highest BCUT2D eigenvalue weighted by Gasteiger charge is 2.10. The summed E-state index contributed by atoms with van der Waals surface area (Å²) in [4.78, 5) is 6.31. The summed E-state index contributed by atoms with van der Waals surface area (Å²) in [5.74, 6) is 0. The molecule has 0 saturated heterocycles. The molecule has 1 aromatic carbocycles. The van der Waals surface area contributed by atoms with Crippen molar-refractivity contribution in [3.8, 4) is 6.07 Å².